The number of hydrogen-bond acceptors (Lipinski definition) is 4. The lowest BCUT2D eigenvalue weighted by Gasteiger charge is -2.13. The second-order valence-electron chi connectivity index (χ2n) is 3.51. The number of nitrogens with one attached hydrogen (secondary N) is 1. The van der Waals surface area contributed by atoms with E-state index < -0.39 is 12.1 Å². The number of carboxylic acid groups (broad SMARTS) is 1. The van der Waals surface area contributed by atoms with E-state index in [1.165, 1.54) is 7.11 Å². The molecule has 0 aliphatic heterocycles. The molecule has 0 rings (SSSR count). The lowest BCUT2D eigenvalue weighted by atomic mass is 10.2. The number of hydrogen-bond donors (Lipinski definition) is 3. The minimum Gasteiger partial charge on any atom is -0.481 e. The summed E-state index contributed by atoms with van der Waals surface area (Å²) in [4.78, 5) is 21.7. The minimum atomic E-state index is -0.941. The van der Waals surface area contributed by atoms with Gasteiger partial charge in [0.25, 0.3) is 0 Å². The number of aliphatic carboxylic acids is 1. The third-order valence-corrected chi connectivity index (χ3v) is 2.12. The first kappa shape index (κ1) is 14.9. The van der Waals surface area contributed by atoms with Crippen LogP contribution in [0.25, 0.3) is 0 Å². The van der Waals surface area contributed by atoms with Gasteiger partial charge in [-0.3, -0.25) is 9.59 Å². The van der Waals surface area contributed by atoms with E-state index >= 15 is 0 Å². The predicted octanol–water partition coefficient (Wildman–Crippen LogP) is -0.279. The van der Waals surface area contributed by atoms with Gasteiger partial charge in [0, 0.05) is 20.1 Å². The van der Waals surface area contributed by atoms with Gasteiger partial charge in [0.05, 0.1) is 12.5 Å². The highest BCUT2D eigenvalue weighted by Gasteiger charge is 2.13. The van der Waals surface area contributed by atoms with Gasteiger partial charge in [-0.2, -0.15) is 0 Å². The zero-order chi connectivity index (χ0) is 12.4. The summed E-state index contributed by atoms with van der Waals surface area (Å²) < 4.78 is 4.92. The molecule has 0 saturated heterocycles. The molecule has 0 heterocycles. The fourth-order valence-corrected chi connectivity index (χ4v) is 1.18. The van der Waals surface area contributed by atoms with E-state index in [4.69, 9.17) is 15.6 Å². The Labute approximate surface area is 95.1 Å². The van der Waals surface area contributed by atoms with Gasteiger partial charge in [0.2, 0.25) is 5.91 Å². The van der Waals surface area contributed by atoms with Gasteiger partial charge in [0.15, 0.2) is 0 Å². The van der Waals surface area contributed by atoms with Crippen LogP contribution in [0.3, 0.4) is 0 Å². The fraction of sp³-hybridized carbons (Fsp3) is 0.800. The van der Waals surface area contributed by atoms with Crippen LogP contribution < -0.4 is 11.1 Å². The second kappa shape index (κ2) is 9.11. The molecule has 0 fully saturated rings. The Hall–Kier alpha value is -1.14. The second-order valence-corrected chi connectivity index (χ2v) is 3.51. The molecule has 0 aromatic carbocycles. The SMILES string of the molecule is COC(CNC(=O)CCCCN)CC(=O)O. The number of unbranched alkanes of at least 4 members (excludes halogenated alkanes) is 1. The van der Waals surface area contributed by atoms with Crippen molar-refractivity contribution < 1.29 is 19.4 Å². The Bertz CT molecular complexity index is 221. The average molecular weight is 232 g/mol. The van der Waals surface area contributed by atoms with Crippen molar-refractivity contribution in [3.63, 3.8) is 0 Å². The van der Waals surface area contributed by atoms with Gasteiger partial charge in [-0.05, 0) is 19.4 Å². The predicted molar refractivity (Wildman–Crippen MR) is 59.0 cm³/mol. The van der Waals surface area contributed by atoms with Crippen LogP contribution in [0.15, 0.2) is 0 Å². The van der Waals surface area contributed by atoms with Crippen LogP contribution in [0.4, 0.5) is 0 Å². The highest BCUT2D eigenvalue weighted by Crippen LogP contribution is 1.97. The quantitative estimate of drug-likeness (QED) is 0.475. The molecule has 6 heteroatoms. The number of nitrogens with two attached hydrogens (primary N) is 1. The zero-order valence-electron chi connectivity index (χ0n) is 9.57. The lowest BCUT2D eigenvalue weighted by molar-refractivity contribution is -0.140. The van der Waals surface area contributed by atoms with Crippen molar-refractivity contribution in [2.45, 2.75) is 31.8 Å². The summed E-state index contributed by atoms with van der Waals surface area (Å²) in [6, 6.07) is 0. The standard InChI is InChI=1S/C10H20N2O4/c1-16-8(6-10(14)15)7-12-9(13)4-2-3-5-11/h8H,2-7,11H2,1H3,(H,12,13)(H,14,15). The van der Waals surface area contributed by atoms with E-state index in [0.29, 0.717) is 13.0 Å². The smallest absolute Gasteiger partial charge is 0.306 e. The maximum Gasteiger partial charge on any atom is 0.306 e. The minimum absolute atomic E-state index is 0.0964. The molecule has 0 aromatic heterocycles. The van der Waals surface area contributed by atoms with Crippen LogP contribution in [-0.2, 0) is 14.3 Å². The Morgan fingerprint density at radius 3 is 2.62 bits per heavy atom. The highest BCUT2D eigenvalue weighted by molar-refractivity contribution is 5.76. The van der Waals surface area contributed by atoms with Crippen LogP contribution in [-0.4, -0.2) is 43.3 Å². The molecule has 0 aliphatic carbocycles. The Morgan fingerprint density at radius 2 is 2.12 bits per heavy atom. The Morgan fingerprint density at radius 1 is 1.44 bits per heavy atom. The molecule has 0 radical (unpaired) electrons. The first-order valence-corrected chi connectivity index (χ1v) is 5.31. The van der Waals surface area contributed by atoms with E-state index in [-0.39, 0.29) is 18.9 Å². The number of methoxy groups -OCH3 is 1. The summed E-state index contributed by atoms with van der Waals surface area (Å²) in [5.41, 5.74) is 5.30. The van der Waals surface area contributed by atoms with Gasteiger partial charge in [0.1, 0.15) is 0 Å². The number of carbonyl (C=O) groups excluding carboxylic acids is 1. The fourth-order valence-electron chi connectivity index (χ4n) is 1.18. The summed E-state index contributed by atoms with van der Waals surface area (Å²) in [6.07, 6.45) is 1.39. The first-order chi connectivity index (χ1) is 7.60. The molecule has 1 atom stereocenters. The molecule has 16 heavy (non-hydrogen) atoms. The third-order valence-electron chi connectivity index (χ3n) is 2.12. The van der Waals surface area contributed by atoms with Gasteiger partial charge < -0.3 is 20.9 Å². The normalized spacial score (nSPS) is 12.1. The summed E-state index contributed by atoms with van der Waals surface area (Å²) in [5, 5.41) is 11.2. The number of ether oxygens (including phenoxy) is 1. The summed E-state index contributed by atoms with van der Waals surface area (Å²) in [6.45, 7) is 0.803. The van der Waals surface area contributed by atoms with E-state index in [1.807, 2.05) is 0 Å². The lowest BCUT2D eigenvalue weighted by Crippen LogP contribution is -2.34. The van der Waals surface area contributed by atoms with Crippen LogP contribution in [0, 0.1) is 0 Å². The topological polar surface area (TPSA) is 102 Å². The zero-order valence-corrected chi connectivity index (χ0v) is 9.57. The largest absolute Gasteiger partial charge is 0.481 e. The third kappa shape index (κ3) is 8.19. The number of amides is 1. The molecule has 1 amide bonds. The molecule has 0 bridgehead atoms. The molecule has 4 N–H and O–H groups in total. The Kier molecular flexibility index (Phi) is 8.46. The molecule has 6 nitrogen and oxygen atoms in total. The monoisotopic (exact) mass is 232 g/mol. The molecular formula is C10H20N2O4. The van der Waals surface area contributed by atoms with Gasteiger partial charge >= 0.3 is 5.97 Å². The van der Waals surface area contributed by atoms with Crippen molar-refractivity contribution in [2.75, 3.05) is 20.2 Å². The number of carbonyl (C=O) groups is 2. The molecule has 0 spiro atoms. The van der Waals surface area contributed by atoms with Gasteiger partial charge in [-0.1, -0.05) is 0 Å². The van der Waals surface area contributed by atoms with E-state index in [9.17, 15) is 9.59 Å². The van der Waals surface area contributed by atoms with E-state index in [2.05, 4.69) is 5.32 Å². The Balaban J connectivity index is 3.66. The van der Waals surface area contributed by atoms with Crippen LogP contribution in [0.2, 0.25) is 0 Å². The molecule has 0 aromatic rings. The van der Waals surface area contributed by atoms with E-state index in [1.54, 1.807) is 0 Å². The number of rotatable bonds is 9. The molecular weight excluding hydrogens is 212 g/mol. The highest BCUT2D eigenvalue weighted by atomic mass is 16.5. The summed E-state index contributed by atoms with van der Waals surface area (Å²) in [5.74, 6) is -1.04. The van der Waals surface area contributed by atoms with Gasteiger partial charge in [-0.25, -0.2) is 0 Å². The molecule has 0 saturated carbocycles. The number of carboxylic acids is 1. The molecule has 1 unspecified atom stereocenters. The molecule has 94 valence electrons. The molecule has 0 aliphatic rings. The summed E-state index contributed by atoms with van der Waals surface area (Å²) >= 11 is 0. The maximum atomic E-state index is 11.3. The van der Waals surface area contributed by atoms with Crippen LogP contribution in [0.1, 0.15) is 25.7 Å². The van der Waals surface area contributed by atoms with Crippen molar-refractivity contribution in [3.8, 4) is 0 Å². The van der Waals surface area contributed by atoms with Crippen molar-refractivity contribution >= 4 is 11.9 Å². The van der Waals surface area contributed by atoms with Crippen molar-refractivity contribution in [3.05, 3.63) is 0 Å². The van der Waals surface area contributed by atoms with Crippen LogP contribution in [0.5, 0.6) is 0 Å². The van der Waals surface area contributed by atoms with E-state index in [0.717, 1.165) is 12.8 Å². The van der Waals surface area contributed by atoms with Crippen molar-refractivity contribution in [1.29, 1.82) is 0 Å². The first-order valence-electron chi connectivity index (χ1n) is 5.31. The van der Waals surface area contributed by atoms with Crippen LogP contribution >= 0.6 is 0 Å². The van der Waals surface area contributed by atoms with Crippen molar-refractivity contribution in [1.82, 2.24) is 5.32 Å². The summed E-state index contributed by atoms with van der Waals surface area (Å²) in [7, 11) is 1.42. The maximum absolute atomic E-state index is 11.3. The van der Waals surface area contributed by atoms with Gasteiger partial charge in [-0.15, -0.1) is 0 Å². The average Bonchev–Trinajstić information content (AvgIpc) is 2.24. The van der Waals surface area contributed by atoms with Crippen molar-refractivity contribution in [2.24, 2.45) is 5.73 Å².